The number of amidine groups is 1. The van der Waals surface area contributed by atoms with E-state index in [-0.39, 0.29) is 5.75 Å². The van der Waals surface area contributed by atoms with E-state index in [9.17, 15) is 8.42 Å². The van der Waals surface area contributed by atoms with Crippen LogP contribution in [0.25, 0.3) is 0 Å². The number of anilines is 1. The molecule has 0 amide bonds. The average molecular weight is 350 g/mol. The summed E-state index contributed by atoms with van der Waals surface area (Å²) in [6.45, 7) is 0. The zero-order valence-corrected chi connectivity index (χ0v) is 14.1. The van der Waals surface area contributed by atoms with Crippen LogP contribution in [0.15, 0.2) is 65.7 Å². The maximum Gasteiger partial charge on any atom is 0.264 e. The number of rotatable bonds is 6. The highest BCUT2D eigenvalue weighted by molar-refractivity contribution is 8.14. The summed E-state index contributed by atoms with van der Waals surface area (Å²) in [5.74, 6) is 0.287. The Morgan fingerprint density at radius 1 is 1.04 bits per heavy atom. The van der Waals surface area contributed by atoms with E-state index in [2.05, 4.69) is 10.3 Å². The Labute approximate surface area is 140 Å². The van der Waals surface area contributed by atoms with E-state index in [1.165, 1.54) is 11.8 Å². The first-order valence-corrected chi connectivity index (χ1v) is 9.66. The summed E-state index contributed by atoms with van der Waals surface area (Å²) in [4.78, 5) is 4.54. The molecule has 2 N–H and O–H groups in total. The molecule has 0 saturated carbocycles. The lowest BCUT2D eigenvalue weighted by Crippen LogP contribution is -2.10. The van der Waals surface area contributed by atoms with Crippen molar-refractivity contribution in [2.45, 2.75) is 6.42 Å². The molecule has 122 valence electrons. The molecular formula is C16H18N2O3S2. The predicted octanol–water partition coefficient (Wildman–Crippen LogP) is 3.80. The van der Waals surface area contributed by atoms with Crippen molar-refractivity contribution in [3.05, 3.63) is 60.7 Å². The first-order chi connectivity index (χ1) is 11.0. The van der Waals surface area contributed by atoms with Gasteiger partial charge < -0.3 is 5.32 Å². The van der Waals surface area contributed by atoms with Gasteiger partial charge in [0.2, 0.25) is 0 Å². The average Bonchev–Trinajstić information content (AvgIpc) is 2.52. The van der Waals surface area contributed by atoms with Crippen LogP contribution in [0.4, 0.5) is 11.4 Å². The molecule has 23 heavy (non-hydrogen) atoms. The molecule has 0 aliphatic heterocycles. The Morgan fingerprint density at radius 2 is 1.65 bits per heavy atom. The molecule has 2 aromatic rings. The minimum Gasteiger partial charge on any atom is -0.335 e. The van der Waals surface area contributed by atoms with Crippen LogP contribution in [0.2, 0.25) is 0 Å². The Balaban J connectivity index is 2.04. The van der Waals surface area contributed by atoms with Crippen molar-refractivity contribution in [1.82, 2.24) is 0 Å². The van der Waals surface area contributed by atoms with Crippen LogP contribution in [0.3, 0.4) is 0 Å². The van der Waals surface area contributed by atoms with Gasteiger partial charge in [0.25, 0.3) is 10.1 Å². The molecule has 0 atom stereocenters. The van der Waals surface area contributed by atoms with Gasteiger partial charge in [-0.1, -0.05) is 48.2 Å². The standard InChI is InChI=1S/C16H18N2O3S2/c19-23(20,21)13-7-12-22-16(17-14-8-3-1-4-9-14)18-15-10-5-2-6-11-15/h1-6,8-11H,7,12-13H2,(H,17,18)(H,19,20,21). The van der Waals surface area contributed by atoms with Crippen LogP contribution in [0, 0.1) is 0 Å². The topological polar surface area (TPSA) is 78.8 Å². The normalized spacial score (nSPS) is 12.1. The van der Waals surface area contributed by atoms with E-state index in [1.54, 1.807) is 0 Å². The summed E-state index contributed by atoms with van der Waals surface area (Å²) in [5, 5.41) is 3.90. The van der Waals surface area contributed by atoms with Crippen molar-refractivity contribution in [3.8, 4) is 0 Å². The molecule has 0 heterocycles. The molecule has 7 heteroatoms. The first-order valence-electron chi connectivity index (χ1n) is 7.07. The van der Waals surface area contributed by atoms with Crippen molar-refractivity contribution in [2.75, 3.05) is 16.8 Å². The molecular weight excluding hydrogens is 332 g/mol. The third-order valence-electron chi connectivity index (χ3n) is 2.80. The van der Waals surface area contributed by atoms with Crippen LogP contribution in [0.1, 0.15) is 6.42 Å². The van der Waals surface area contributed by atoms with Crippen LogP contribution >= 0.6 is 11.8 Å². The molecule has 0 aliphatic carbocycles. The molecule has 0 unspecified atom stereocenters. The van der Waals surface area contributed by atoms with Gasteiger partial charge in [-0.3, -0.25) is 4.55 Å². The Morgan fingerprint density at radius 3 is 2.26 bits per heavy atom. The number of para-hydroxylation sites is 2. The monoisotopic (exact) mass is 350 g/mol. The molecule has 0 radical (unpaired) electrons. The second-order valence-corrected chi connectivity index (χ2v) is 7.39. The largest absolute Gasteiger partial charge is 0.335 e. The zero-order valence-electron chi connectivity index (χ0n) is 12.4. The fraction of sp³-hybridized carbons (Fsp3) is 0.188. The number of benzene rings is 2. The summed E-state index contributed by atoms with van der Waals surface area (Å²) in [5.41, 5.74) is 1.72. The van der Waals surface area contributed by atoms with E-state index in [4.69, 9.17) is 4.55 Å². The fourth-order valence-electron chi connectivity index (χ4n) is 1.77. The van der Waals surface area contributed by atoms with Crippen molar-refractivity contribution in [2.24, 2.45) is 4.99 Å². The molecule has 2 aromatic carbocycles. The molecule has 5 nitrogen and oxygen atoms in total. The highest BCUT2D eigenvalue weighted by Crippen LogP contribution is 2.18. The number of nitrogens with one attached hydrogen (secondary N) is 1. The van der Waals surface area contributed by atoms with Gasteiger partial charge in [0, 0.05) is 11.4 Å². The summed E-state index contributed by atoms with van der Waals surface area (Å²) >= 11 is 1.42. The molecule has 0 saturated heterocycles. The fourth-order valence-corrected chi connectivity index (χ4v) is 3.31. The van der Waals surface area contributed by atoms with Gasteiger partial charge in [-0.25, -0.2) is 4.99 Å². The number of hydrogen-bond acceptors (Lipinski definition) is 4. The Kier molecular flexibility index (Phi) is 6.64. The Hall–Kier alpha value is -1.83. The van der Waals surface area contributed by atoms with Gasteiger partial charge in [-0.15, -0.1) is 0 Å². The van der Waals surface area contributed by atoms with Crippen molar-refractivity contribution in [1.29, 1.82) is 0 Å². The lowest BCUT2D eigenvalue weighted by molar-refractivity contribution is 0.482. The van der Waals surface area contributed by atoms with Crippen molar-refractivity contribution in [3.63, 3.8) is 0 Å². The zero-order chi connectivity index (χ0) is 16.5. The minimum atomic E-state index is -3.91. The van der Waals surface area contributed by atoms with Gasteiger partial charge in [-0.05, 0) is 30.7 Å². The highest BCUT2D eigenvalue weighted by atomic mass is 32.2. The maximum atomic E-state index is 10.8. The number of thioether (sulfide) groups is 1. The van der Waals surface area contributed by atoms with E-state index in [0.717, 1.165) is 11.4 Å². The lowest BCUT2D eigenvalue weighted by Gasteiger charge is -2.09. The van der Waals surface area contributed by atoms with Gasteiger partial charge in [-0.2, -0.15) is 8.42 Å². The number of hydrogen-bond donors (Lipinski definition) is 2. The number of nitrogens with zero attached hydrogens (tertiary/aromatic N) is 1. The molecule has 2 rings (SSSR count). The van der Waals surface area contributed by atoms with Gasteiger partial charge in [0.1, 0.15) is 0 Å². The molecule has 0 bridgehead atoms. The van der Waals surface area contributed by atoms with E-state index in [0.29, 0.717) is 17.3 Å². The summed E-state index contributed by atoms with van der Waals surface area (Å²) in [7, 11) is -3.91. The third kappa shape index (κ3) is 7.32. The summed E-state index contributed by atoms with van der Waals surface area (Å²) in [6, 6.07) is 19.2. The minimum absolute atomic E-state index is 0.246. The SMILES string of the molecule is O=S(=O)(O)CCCSC(=Nc1ccccc1)Nc1ccccc1. The molecule has 0 aromatic heterocycles. The van der Waals surface area contributed by atoms with Gasteiger partial charge in [0.05, 0.1) is 11.4 Å². The first kappa shape index (κ1) is 17.5. The van der Waals surface area contributed by atoms with Crippen LogP contribution in [-0.2, 0) is 10.1 Å². The van der Waals surface area contributed by atoms with E-state index >= 15 is 0 Å². The van der Waals surface area contributed by atoms with Gasteiger partial charge in [0.15, 0.2) is 5.17 Å². The van der Waals surface area contributed by atoms with Crippen LogP contribution < -0.4 is 5.32 Å². The summed E-state index contributed by atoms with van der Waals surface area (Å²) in [6.07, 6.45) is 0.355. The van der Waals surface area contributed by atoms with Crippen LogP contribution in [0.5, 0.6) is 0 Å². The lowest BCUT2D eigenvalue weighted by atomic mass is 10.3. The smallest absolute Gasteiger partial charge is 0.264 e. The third-order valence-corrected chi connectivity index (χ3v) is 4.56. The predicted molar refractivity (Wildman–Crippen MR) is 97.1 cm³/mol. The van der Waals surface area contributed by atoms with Crippen LogP contribution in [-0.4, -0.2) is 29.6 Å². The number of aliphatic imine (C=N–C) groups is 1. The van der Waals surface area contributed by atoms with Crippen molar-refractivity contribution >= 4 is 38.4 Å². The maximum absolute atomic E-state index is 10.8. The van der Waals surface area contributed by atoms with Gasteiger partial charge >= 0.3 is 0 Å². The Bertz CT molecular complexity index is 732. The molecule has 0 fully saturated rings. The van der Waals surface area contributed by atoms with Crippen molar-refractivity contribution < 1.29 is 13.0 Å². The van der Waals surface area contributed by atoms with E-state index < -0.39 is 10.1 Å². The van der Waals surface area contributed by atoms with E-state index in [1.807, 2.05) is 60.7 Å². The molecule has 0 spiro atoms. The second-order valence-electron chi connectivity index (χ2n) is 4.73. The molecule has 0 aliphatic rings. The second kappa shape index (κ2) is 8.71. The summed E-state index contributed by atoms with van der Waals surface area (Å²) < 4.78 is 30.3. The highest BCUT2D eigenvalue weighted by Gasteiger charge is 2.06. The quantitative estimate of drug-likeness (QED) is 0.359.